The monoisotopic (exact) mass is 681 g/mol. The quantitative estimate of drug-likeness (QED) is 0.134. The Labute approximate surface area is 310 Å². The molecule has 0 amide bonds. The Kier molecular flexibility index (Phi) is 8.34. The van der Waals surface area contributed by atoms with Gasteiger partial charge in [0, 0.05) is 29.4 Å². The molecule has 254 valence electrons. The van der Waals surface area contributed by atoms with Gasteiger partial charge in [-0.3, -0.25) is 9.98 Å². The molecule has 8 aromatic rings. The van der Waals surface area contributed by atoms with E-state index in [1.807, 2.05) is 36.7 Å². The standard InChI is InChI=1S/C50H39N3/c1-50(33-53-49-43-18-8-5-12-36(43)25-26-46(49)48(51)37-13-3-2-4-14-37)30-40(35-23-21-34(22-24-35)39-16-11-27-52-32-39)28-41(31-50)47-29-38-15-6-7-17-42(38)44-19-9-10-20-45(44)47/h2-29,31-33,48H,30,51H2,1H3. The van der Waals surface area contributed by atoms with E-state index in [1.54, 1.807) is 0 Å². The summed E-state index contributed by atoms with van der Waals surface area (Å²) in [6.07, 6.45) is 11.5. The van der Waals surface area contributed by atoms with Crippen LogP contribution < -0.4 is 5.73 Å². The molecule has 2 atom stereocenters. The highest BCUT2D eigenvalue weighted by Crippen LogP contribution is 2.44. The molecule has 3 nitrogen and oxygen atoms in total. The van der Waals surface area contributed by atoms with Crippen molar-refractivity contribution in [2.75, 3.05) is 0 Å². The summed E-state index contributed by atoms with van der Waals surface area (Å²) in [6.45, 7) is 2.30. The molecule has 0 radical (unpaired) electrons. The van der Waals surface area contributed by atoms with E-state index in [0.717, 1.165) is 45.1 Å². The molecule has 0 saturated heterocycles. The highest BCUT2D eigenvalue weighted by Gasteiger charge is 2.28. The van der Waals surface area contributed by atoms with Gasteiger partial charge in [-0.15, -0.1) is 0 Å². The highest BCUT2D eigenvalue weighted by atomic mass is 14.8. The molecule has 0 aliphatic heterocycles. The Hall–Kier alpha value is -6.42. The Bertz CT molecular complexity index is 2710. The van der Waals surface area contributed by atoms with Crippen molar-refractivity contribution >= 4 is 55.4 Å². The van der Waals surface area contributed by atoms with Crippen molar-refractivity contribution in [3.63, 3.8) is 0 Å². The van der Waals surface area contributed by atoms with E-state index in [4.69, 9.17) is 10.7 Å². The molecule has 2 N–H and O–H groups in total. The molecule has 0 bridgehead atoms. The number of allylic oxidation sites excluding steroid dienone is 4. The van der Waals surface area contributed by atoms with Crippen molar-refractivity contribution in [3.8, 4) is 11.1 Å². The van der Waals surface area contributed by atoms with Crippen molar-refractivity contribution in [3.05, 3.63) is 205 Å². The predicted octanol–water partition coefficient (Wildman–Crippen LogP) is 12.5. The lowest BCUT2D eigenvalue weighted by Crippen LogP contribution is -2.19. The SMILES string of the molecule is CC1(C=Nc2c(C(N)c3ccccc3)ccc3ccccc23)C=C(c2cc3ccccc3c3ccccc23)C=C(c2ccc(-c3cccnc3)cc2)C1. The van der Waals surface area contributed by atoms with E-state index in [-0.39, 0.29) is 6.04 Å². The van der Waals surface area contributed by atoms with Gasteiger partial charge in [-0.1, -0.05) is 165 Å². The van der Waals surface area contributed by atoms with Gasteiger partial charge in [0.25, 0.3) is 0 Å². The fourth-order valence-corrected chi connectivity index (χ4v) is 7.94. The number of benzene rings is 7. The first kappa shape index (κ1) is 32.5. The molecule has 53 heavy (non-hydrogen) atoms. The van der Waals surface area contributed by atoms with Crippen LogP contribution in [-0.4, -0.2) is 11.2 Å². The summed E-state index contributed by atoms with van der Waals surface area (Å²) < 4.78 is 0. The fraction of sp³-hybridized carbons (Fsp3) is 0.0800. The second-order valence-electron chi connectivity index (χ2n) is 14.3. The van der Waals surface area contributed by atoms with Crippen LogP contribution in [0.25, 0.3) is 54.6 Å². The van der Waals surface area contributed by atoms with E-state index in [0.29, 0.717) is 0 Å². The van der Waals surface area contributed by atoms with Crippen LogP contribution in [-0.2, 0) is 0 Å². The molecule has 0 spiro atoms. The highest BCUT2D eigenvalue weighted by molar-refractivity contribution is 6.13. The lowest BCUT2D eigenvalue weighted by molar-refractivity contribution is 0.629. The third-order valence-corrected chi connectivity index (χ3v) is 10.6. The van der Waals surface area contributed by atoms with Crippen LogP contribution >= 0.6 is 0 Å². The molecule has 9 rings (SSSR count). The average molecular weight is 682 g/mol. The Morgan fingerprint density at radius 2 is 1.32 bits per heavy atom. The topological polar surface area (TPSA) is 51.3 Å². The number of hydrogen-bond acceptors (Lipinski definition) is 3. The molecule has 3 heteroatoms. The van der Waals surface area contributed by atoms with E-state index in [1.165, 1.54) is 43.8 Å². The maximum Gasteiger partial charge on any atom is 0.0755 e. The number of aliphatic imine (C=N–C) groups is 1. The molecule has 0 saturated carbocycles. The summed E-state index contributed by atoms with van der Waals surface area (Å²) in [7, 11) is 0. The molecular formula is C50H39N3. The Balaban J connectivity index is 1.20. The third-order valence-electron chi connectivity index (χ3n) is 10.6. The summed E-state index contributed by atoms with van der Waals surface area (Å²) in [5, 5.41) is 7.24. The van der Waals surface area contributed by atoms with Crippen LogP contribution in [0.15, 0.2) is 187 Å². The summed E-state index contributed by atoms with van der Waals surface area (Å²) in [5.41, 5.74) is 16.7. The Morgan fingerprint density at radius 1 is 0.642 bits per heavy atom. The second-order valence-corrected chi connectivity index (χ2v) is 14.3. The molecule has 1 aromatic heterocycles. The van der Waals surface area contributed by atoms with Gasteiger partial charge in [0.1, 0.15) is 0 Å². The van der Waals surface area contributed by atoms with Crippen LogP contribution in [0.5, 0.6) is 0 Å². The van der Waals surface area contributed by atoms with Gasteiger partial charge in [-0.05, 0) is 90.0 Å². The van der Waals surface area contributed by atoms with Crippen LogP contribution in [0, 0.1) is 5.41 Å². The largest absolute Gasteiger partial charge is 0.320 e. The normalized spacial score (nSPS) is 16.6. The molecular weight excluding hydrogens is 643 g/mol. The predicted molar refractivity (Wildman–Crippen MR) is 224 cm³/mol. The van der Waals surface area contributed by atoms with Gasteiger partial charge in [0.05, 0.1) is 11.7 Å². The lowest BCUT2D eigenvalue weighted by atomic mass is 9.75. The lowest BCUT2D eigenvalue weighted by Gasteiger charge is -2.30. The van der Waals surface area contributed by atoms with Crippen LogP contribution in [0.4, 0.5) is 5.69 Å². The van der Waals surface area contributed by atoms with Gasteiger partial charge < -0.3 is 5.73 Å². The van der Waals surface area contributed by atoms with Crippen molar-refractivity contribution in [2.45, 2.75) is 19.4 Å². The molecule has 1 aliphatic rings. The number of rotatable bonds is 7. The number of hydrogen-bond donors (Lipinski definition) is 1. The molecule has 7 aromatic carbocycles. The van der Waals surface area contributed by atoms with Crippen molar-refractivity contribution in [1.29, 1.82) is 0 Å². The second kappa shape index (κ2) is 13.6. The Morgan fingerprint density at radius 3 is 2.09 bits per heavy atom. The zero-order valence-electron chi connectivity index (χ0n) is 29.7. The average Bonchev–Trinajstić information content (AvgIpc) is 3.22. The van der Waals surface area contributed by atoms with E-state index in [2.05, 4.69) is 164 Å². The number of aromatic nitrogens is 1. The fourth-order valence-electron chi connectivity index (χ4n) is 7.94. The number of fused-ring (bicyclic) bond motifs is 4. The first-order valence-electron chi connectivity index (χ1n) is 18.3. The van der Waals surface area contributed by atoms with Crippen LogP contribution in [0.3, 0.4) is 0 Å². The summed E-state index contributed by atoms with van der Waals surface area (Å²) >= 11 is 0. The van der Waals surface area contributed by atoms with E-state index >= 15 is 0 Å². The minimum Gasteiger partial charge on any atom is -0.320 e. The van der Waals surface area contributed by atoms with Gasteiger partial charge in [-0.2, -0.15) is 0 Å². The molecule has 1 aliphatic carbocycles. The zero-order chi connectivity index (χ0) is 35.8. The third kappa shape index (κ3) is 6.26. The molecule has 2 unspecified atom stereocenters. The first-order valence-corrected chi connectivity index (χ1v) is 18.3. The van der Waals surface area contributed by atoms with Gasteiger partial charge in [0.2, 0.25) is 0 Å². The summed E-state index contributed by atoms with van der Waals surface area (Å²) in [6, 6.07) is 55.6. The van der Waals surface area contributed by atoms with E-state index < -0.39 is 5.41 Å². The number of pyridine rings is 1. The van der Waals surface area contributed by atoms with Crippen LogP contribution in [0.2, 0.25) is 0 Å². The van der Waals surface area contributed by atoms with Crippen molar-refractivity contribution in [2.24, 2.45) is 16.1 Å². The smallest absolute Gasteiger partial charge is 0.0755 e. The first-order chi connectivity index (χ1) is 26.0. The maximum atomic E-state index is 7.00. The van der Waals surface area contributed by atoms with Gasteiger partial charge >= 0.3 is 0 Å². The maximum absolute atomic E-state index is 7.00. The summed E-state index contributed by atoms with van der Waals surface area (Å²) in [5.74, 6) is 0. The van der Waals surface area contributed by atoms with E-state index in [9.17, 15) is 0 Å². The zero-order valence-corrected chi connectivity index (χ0v) is 29.7. The van der Waals surface area contributed by atoms with Gasteiger partial charge in [0.15, 0.2) is 0 Å². The molecule has 1 heterocycles. The van der Waals surface area contributed by atoms with Crippen molar-refractivity contribution in [1.82, 2.24) is 4.98 Å². The molecule has 0 fully saturated rings. The number of nitrogens with two attached hydrogens (primary N) is 1. The van der Waals surface area contributed by atoms with Gasteiger partial charge in [-0.25, -0.2) is 0 Å². The minimum absolute atomic E-state index is 0.309. The minimum atomic E-state index is -0.404. The van der Waals surface area contributed by atoms with Crippen molar-refractivity contribution < 1.29 is 0 Å². The number of nitrogens with zero attached hydrogens (tertiary/aromatic N) is 2. The summed E-state index contributed by atoms with van der Waals surface area (Å²) in [4.78, 5) is 9.75. The van der Waals surface area contributed by atoms with Crippen LogP contribution in [0.1, 0.15) is 41.6 Å².